The van der Waals surface area contributed by atoms with Crippen molar-refractivity contribution >= 4 is 17.7 Å². The maximum absolute atomic E-state index is 13.3. The van der Waals surface area contributed by atoms with E-state index in [2.05, 4.69) is 10.6 Å². The summed E-state index contributed by atoms with van der Waals surface area (Å²) in [6, 6.07) is 10.1. The number of nitrogens with zero attached hydrogens (tertiary/aromatic N) is 1. The molecule has 3 rings (SSSR count). The fourth-order valence-corrected chi connectivity index (χ4v) is 3.12. The summed E-state index contributed by atoms with van der Waals surface area (Å²) in [7, 11) is 1.75. The highest BCUT2D eigenvalue weighted by Crippen LogP contribution is 2.29. The molecule has 1 aliphatic heterocycles. The number of ether oxygens (including phenoxy) is 1. The van der Waals surface area contributed by atoms with Crippen LogP contribution in [0, 0.1) is 11.6 Å². The molecule has 1 heterocycles. The van der Waals surface area contributed by atoms with Gasteiger partial charge in [0, 0.05) is 12.7 Å². The lowest BCUT2D eigenvalue weighted by atomic mass is 9.95. The summed E-state index contributed by atoms with van der Waals surface area (Å²) in [5, 5.41) is 5.36. The number of nitrogens with one attached hydrogen (secondary N) is 2. The summed E-state index contributed by atoms with van der Waals surface area (Å²) in [6.45, 7) is 2.02. The maximum Gasteiger partial charge on any atom is 0.338 e. The molecule has 0 spiro atoms. The number of anilines is 1. The predicted molar refractivity (Wildman–Crippen MR) is 104 cm³/mol. The van der Waals surface area contributed by atoms with E-state index in [1.54, 1.807) is 31.0 Å². The molecule has 2 aromatic rings. The summed E-state index contributed by atoms with van der Waals surface area (Å²) < 4.78 is 31.7. The number of carbonyl (C=O) groups excluding carboxylic acids is 2. The van der Waals surface area contributed by atoms with E-state index in [-0.39, 0.29) is 24.5 Å². The van der Waals surface area contributed by atoms with Gasteiger partial charge in [-0.2, -0.15) is 0 Å². The second kappa shape index (κ2) is 8.72. The molecule has 152 valence electrons. The van der Waals surface area contributed by atoms with Gasteiger partial charge < -0.3 is 20.3 Å². The molecule has 1 aliphatic rings. The number of hydrogen-bond donors (Lipinski definition) is 2. The van der Waals surface area contributed by atoms with Crippen LogP contribution in [0.5, 0.6) is 0 Å². The van der Waals surface area contributed by atoms with Crippen molar-refractivity contribution in [2.45, 2.75) is 13.0 Å². The highest BCUT2D eigenvalue weighted by Gasteiger charge is 2.34. The van der Waals surface area contributed by atoms with E-state index in [1.165, 1.54) is 36.4 Å². The summed E-state index contributed by atoms with van der Waals surface area (Å²) in [5.41, 5.74) is 1.83. The van der Waals surface area contributed by atoms with Gasteiger partial charge in [-0.25, -0.2) is 18.4 Å². The average molecular weight is 401 g/mol. The van der Waals surface area contributed by atoms with E-state index < -0.39 is 23.9 Å². The Morgan fingerprint density at radius 1 is 1.07 bits per heavy atom. The first kappa shape index (κ1) is 20.3. The molecule has 0 saturated heterocycles. The van der Waals surface area contributed by atoms with Crippen molar-refractivity contribution in [1.82, 2.24) is 10.6 Å². The molecular formula is C21H21F2N3O3. The number of carbonyl (C=O) groups is 2. The van der Waals surface area contributed by atoms with E-state index in [9.17, 15) is 18.4 Å². The molecule has 2 aromatic carbocycles. The molecule has 0 bridgehead atoms. The Morgan fingerprint density at radius 3 is 2.24 bits per heavy atom. The van der Waals surface area contributed by atoms with E-state index in [4.69, 9.17) is 4.74 Å². The van der Waals surface area contributed by atoms with Crippen LogP contribution in [0.4, 0.5) is 19.3 Å². The van der Waals surface area contributed by atoms with Crippen molar-refractivity contribution in [3.63, 3.8) is 0 Å². The second-order valence-electron chi connectivity index (χ2n) is 6.53. The van der Waals surface area contributed by atoms with Crippen molar-refractivity contribution in [3.8, 4) is 0 Å². The van der Waals surface area contributed by atoms with Crippen LogP contribution < -0.4 is 15.5 Å². The number of benzene rings is 2. The zero-order valence-corrected chi connectivity index (χ0v) is 16.0. The van der Waals surface area contributed by atoms with Gasteiger partial charge in [-0.05, 0) is 48.9 Å². The number of hydrogen-bond acceptors (Lipinski definition) is 4. The SMILES string of the molecule is CCOC(=O)C1=C(CN(C)c2ccc(F)cc2)NC(=O)NC1c1ccc(F)cc1. The molecule has 1 unspecified atom stereocenters. The lowest BCUT2D eigenvalue weighted by Crippen LogP contribution is -2.48. The Bertz CT molecular complexity index is 927. The Balaban J connectivity index is 2.00. The fraction of sp³-hybridized carbons (Fsp3) is 0.238. The van der Waals surface area contributed by atoms with Gasteiger partial charge in [0.05, 0.1) is 30.5 Å². The van der Waals surface area contributed by atoms with Crippen LogP contribution in [0.25, 0.3) is 0 Å². The van der Waals surface area contributed by atoms with E-state index in [0.29, 0.717) is 16.9 Å². The molecule has 2 N–H and O–H groups in total. The number of esters is 1. The van der Waals surface area contributed by atoms with Crippen LogP contribution in [0.2, 0.25) is 0 Å². The maximum atomic E-state index is 13.3. The minimum Gasteiger partial charge on any atom is -0.463 e. The van der Waals surface area contributed by atoms with E-state index >= 15 is 0 Å². The van der Waals surface area contributed by atoms with Gasteiger partial charge in [-0.3, -0.25) is 0 Å². The number of likely N-dealkylation sites (N-methyl/N-ethyl adjacent to an activating group) is 1. The third-order valence-electron chi connectivity index (χ3n) is 4.52. The number of amides is 2. The number of halogens is 2. The lowest BCUT2D eigenvalue weighted by molar-refractivity contribution is -0.139. The quantitative estimate of drug-likeness (QED) is 0.729. The van der Waals surface area contributed by atoms with Crippen LogP contribution in [0.15, 0.2) is 59.8 Å². The molecule has 1 atom stereocenters. The topological polar surface area (TPSA) is 70.7 Å². The van der Waals surface area contributed by atoms with Gasteiger partial charge in [0.2, 0.25) is 0 Å². The van der Waals surface area contributed by atoms with Crippen molar-refractivity contribution in [1.29, 1.82) is 0 Å². The van der Waals surface area contributed by atoms with Crippen molar-refractivity contribution in [3.05, 3.63) is 77.0 Å². The third-order valence-corrected chi connectivity index (χ3v) is 4.52. The molecule has 6 nitrogen and oxygen atoms in total. The van der Waals surface area contributed by atoms with Gasteiger partial charge in [-0.1, -0.05) is 12.1 Å². The smallest absolute Gasteiger partial charge is 0.338 e. The van der Waals surface area contributed by atoms with Gasteiger partial charge in [0.25, 0.3) is 0 Å². The Kier molecular flexibility index (Phi) is 6.11. The summed E-state index contributed by atoms with van der Waals surface area (Å²) in [5.74, 6) is -1.37. The molecule has 8 heteroatoms. The molecule has 0 fully saturated rings. The number of rotatable bonds is 6. The molecule has 29 heavy (non-hydrogen) atoms. The zero-order chi connectivity index (χ0) is 21.0. The predicted octanol–water partition coefficient (Wildman–Crippen LogP) is 3.27. The first-order valence-electron chi connectivity index (χ1n) is 9.09. The minimum atomic E-state index is -0.792. The summed E-state index contributed by atoms with van der Waals surface area (Å²) in [4.78, 5) is 26.7. The van der Waals surface area contributed by atoms with Crippen LogP contribution in [-0.4, -0.2) is 32.2 Å². The Labute approximate surface area is 167 Å². The van der Waals surface area contributed by atoms with Crippen LogP contribution >= 0.6 is 0 Å². The zero-order valence-electron chi connectivity index (χ0n) is 16.0. The van der Waals surface area contributed by atoms with Gasteiger partial charge in [0.15, 0.2) is 0 Å². The van der Waals surface area contributed by atoms with Crippen molar-refractivity contribution < 1.29 is 23.1 Å². The molecule has 0 radical (unpaired) electrons. The number of urea groups is 1. The van der Waals surface area contributed by atoms with Crippen LogP contribution in [0.1, 0.15) is 18.5 Å². The van der Waals surface area contributed by atoms with Gasteiger partial charge >= 0.3 is 12.0 Å². The van der Waals surface area contributed by atoms with E-state index in [1.807, 2.05) is 0 Å². The van der Waals surface area contributed by atoms with Gasteiger partial charge in [-0.15, -0.1) is 0 Å². The van der Waals surface area contributed by atoms with Crippen molar-refractivity contribution in [2.24, 2.45) is 0 Å². The average Bonchev–Trinajstić information content (AvgIpc) is 2.68. The van der Waals surface area contributed by atoms with E-state index in [0.717, 1.165) is 0 Å². The Hall–Kier alpha value is -3.42. The summed E-state index contributed by atoms with van der Waals surface area (Å²) >= 11 is 0. The van der Waals surface area contributed by atoms with Gasteiger partial charge in [0.1, 0.15) is 11.6 Å². The van der Waals surface area contributed by atoms with Crippen molar-refractivity contribution in [2.75, 3.05) is 25.1 Å². The highest BCUT2D eigenvalue weighted by atomic mass is 19.1. The first-order valence-corrected chi connectivity index (χ1v) is 9.09. The van der Waals surface area contributed by atoms with Crippen LogP contribution in [-0.2, 0) is 9.53 Å². The molecule has 0 aromatic heterocycles. The third kappa shape index (κ3) is 4.71. The Morgan fingerprint density at radius 2 is 1.66 bits per heavy atom. The normalized spacial score (nSPS) is 16.1. The molecule has 2 amide bonds. The highest BCUT2D eigenvalue weighted by molar-refractivity contribution is 5.95. The molecular weight excluding hydrogens is 380 g/mol. The summed E-state index contributed by atoms with van der Waals surface area (Å²) in [6.07, 6.45) is 0. The largest absolute Gasteiger partial charge is 0.463 e. The monoisotopic (exact) mass is 401 g/mol. The standard InChI is InChI=1S/C21H21F2N3O3/c1-3-29-20(27)18-17(12-26(2)16-10-8-15(23)9-11-16)24-21(28)25-19(18)13-4-6-14(22)7-5-13/h4-11,19H,3,12H2,1-2H3,(H2,24,25,28). The second-order valence-corrected chi connectivity index (χ2v) is 6.53. The van der Waals surface area contributed by atoms with Crippen LogP contribution in [0.3, 0.4) is 0 Å². The minimum absolute atomic E-state index is 0.160. The first-order chi connectivity index (χ1) is 13.9. The molecule has 0 saturated carbocycles. The fourth-order valence-electron chi connectivity index (χ4n) is 3.12. The lowest BCUT2D eigenvalue weighted by Gasteiger charge is -2.31. The molecule has 0 aliphatic carbocycles.